The maximum absolute atomic E-state index is 5.59. The van der Waals surface area contributed by atoms with Crippen molar-refractivity contribution in [3.05, 3.63) is 11.4 Å². The summed E-state index contributed by atoms with van der Waals surface area (Å²) in [7, 11) is 0. The van der Waals surface area contributed by atoms with Crippen LogP contribution in [0.5, 0.6) is 0 Å². The maximum Gasteiger partial charge on any atom is 0.197 e. The van der Waals surface area contributed by atoms with Crippen molar-refractivity contribution in [1.29, 1.82) is 0 Å². The molecule has 1 aliphatic heterocycles. The van der Waals surface area contributed by atoms with Crippen molar-refractivity contribution >= 4 is 5.95 Å². The number of rotatable bonds is 2. The Morgan fingerprint density at radius 1 is 1.62 bits per heavy atom. The molecule has 1 aromatic rings. The molecule has 3 N–H and O–H groups in total. The Morgan fingerprint density at radius 2 is 2.46 bits per heavy atom. The molecule has 4 nitrogen and oxygen atoms in total. The predicted octanol–water partition coefficient (Wildman–Crippen LogP) is 0.760. The van der Waals surface area contributed by atoms with E-state index in [1.54, 1.807) is 0 Å². The van der Waals surface area contributed by atoms with Crippen LogP contribution in [-0.2, 0) is 13.0 Å². The molecule has 0 saturated heterocycles. The number of aromatic amines is 1. The number of H-pyrrole nitrogens is 1. The second kappa shape index (κ2) is 3.38. The molecular weight excluding hydrogens is 164 g/mol. The first kappa shape index (κ1) is 8.56. The van der Waals surface area contributed by atoms with Gasteiger partial charge in [-0.2, -0.15) is 0 Å². The zero-order valence-electron chi connectivity index (χ0n) is 8.01. The van der Waals surface area contributed by atoms with Crippen molar-refractivity contribution in [2.45, 2.75) is 26.3 Å². The summed E-state index contributed by atoms with van der Waals surface area (Å²) < 4.78 is 0. The molecule has 4 heteroatoms. The number of hydrogen-bond donors (Lipinski definition) is 2. The molecule has 1 aliphatic rings. The summed E-state index contributed by atoms with van der Waals surface area (Å²) in [4.78, 5) is 9.78. The third-order valence-corrected chi connectivity index (χ3v) is 2.47. The Morgan fingerprint density at radius 3 is 3.23 bits per heavy atom. The minimum absolute atomic E-state index is 0.559. The van der Waals surface area contributed by atoms with Gasteiger partial charge in [0.05, 0.1) is 11.4 Å². The first-order valence-corrected chi connectivity index (χ1v) is 4.85. The van der Waals surface area contributed by atoms with Gasteiger partial charge in [0, 0.05) is 19.5 Å². The Kier molecular flexibility index (Phi) is 2.22. The third kappa shape index (κ3) is 1.67. The van der Waals surface area contributed by atoms with Crippen LogP contribution in [0.4, 0.5) is 5.95 Å². The van der Waals surface area contributed by atoms with Crippen molar-refractivity contribution in [3.63, 3.8) is 0 Å². The first-order valence-electron chi connectivity index (χ1n) is 4.85. The molecule has 1 aromatic heterocycles. The molecule has 2 heterocycles. The van der Waals surface area contributed by atoms with Crippen molar-refractivity contribution in [2.24, 2.45) is 0 Å². The molecule has 0 amide bonds. The van der Waals surface area contributed by atoms with Gasteiger partial charge in [-0.05, 0) is 13.0 Å². The minimum Gasteiger partial charge on any atom is -0.369 e. The van der Waals surface area contributed by atoms with E-state index >= 15 is 0 Å². The number of anilines is 1. The van der Waals surface area contributed by atoms with Crippen LogP contribution < -0.4 is 5.73 Å². The van der Waals surface area contributed by atoms with Crippen LogP contribution in [0.2, 0.25) is 0 Å². The normalized spacial score (nSPS) is 17.3. The van der Waals surface area contributed by atoms with Gasteiger partial charge in [0.2, 0.25) is 0 Å². The highest BCUT2D eigenvalue weighted by Crippen LogP contribution is 2.17. The summed E-state index contributed by atoms with van der Waals surface area (Å²) in [6.45, 7) is 5.47. The average Bonchev–Trinajstić information content (AvgIpc) is 2.44. The zero-order valence-corrected chi connectivity index (χ0v) is 8.01. The van der Waals surface area contributed by atoms with Crippen LogP contribution in [0.25, 0.3) is 0 Å². The highest BCUT2D eigenvalue weighted by Gasteiger charge is 2.18. The number of nitrogens with zero attached hydrogens (tertiary/aromatic N) is 2. The van der Waals surface area contributed by atoms with Gasteiger partial charge in [-0.3, -0.25) is 4.90 Å². The highest BCUT2D eigenvalue weighted by atomic mass is 15.2. The van der Waals surface area contributed by atoms with Crippen LogP contribution in [0.1, 0.15) is 24.7 Å². The molecule has 0 bridgehead atoms. The second-order valence-corrected chi connectivity index (χ2v) is 3.57. The van der Waals surface area contributed by atoms with Crippen LogP contribution in [0.3, 0.4) is 0 Å². The van der Waals surface area contributed by atoms with Crippen LogP contribution in [-0.4, -0.2) is 28.0 Å². The van der Waals surface area contributed by atoms with E-state index in [1.165, 1.54) is 18.7 Å². The molecule has 0 atom stereocenters. The molecule has 0 aliphatic carbocycles. The highest BCUT2D eigenvalue weighted by molar-refractivity contribution is 5.27. The lowest BCUT2D eigenvalue weighted by Crippen LogP contribution is -2.31. The molecule has 0 aromatic carbocycles. The largest absolute Gasteiger partial charge is 0.369 e. The minimum atomic E-state index is 0.559. The summed E-state index contributed by atoms with van der Waals surface area (Å²) in [5.41, 5.74) is 7.96. The van der Waals surface area contributed by atoms with Crippen LogP contribution in [0, 0.1) is 0 Å². The summed E-state index contributed by atoms with van der Waals surface area (Å²) in [6, 6.07) is 0. The molecule has 2 rings (SSSR count). The number of nitrogens with two attached hydrogens (primary N) is 1. The Hall–Kier alpha value is -1.03. The number of nitrogens with one attached hydrogen (secondary N) is 1. The topological polar surface area (TPSA) is 57.9 Å². The van der Waals surface area contributed by atoms with Crippen molar-refractivity contribution < 1.29 is 0 Å². The Labute approximate surface area is 78.1 Å². The first-order chi connectivity index (χ1) is 6.29. The van der Waals surface area contributed by atoms with Gasteiger partial charge in [0.1, 0.15) is 0 Å². The smallest absolute Gasteiger partial charge is 0.197 e. The van der Waals surface area contributed by atoms with Gasteiger partial charge in [-0.25, -0.2) is 4.98 Å². The number of fused-ring (bicyclic) bond motifs is 1. The van der Waals surface area contributed by atoms with Crippen molar-refractivity contribution in [2.75, 3.05) is 18.8 Å². The molecule has 0 radical (unpaired) electrons. The van der Waals surface area contributed by atoms with Crippen molar-refractivity contribution in [3.8, 4) is 0 Å². The number of imidazole rings is 1. The lowest BCUT2D eigenvalue weighted by atomic mass is 10.1. The molecule has 0 spiro atoms. The molecule has 0 fully saturated rings. The fraction of sp³-hybridized carbons (Fsp3) is 0.667. The van der Waals surface area contributed by atoms with Gasteiger partial charge in [-0.1, -0.05) is 6.92 Å². The monoisotopic (exact) mass is 180 g/mol. The fourth-order valence-electron chi connectivity index (χ4n) is 1.88. The maximum atomic E-state index is 5.59. The van der Waals surface area contributed by atoms with Gasteiger partial charge < -0.3 is 10.7 Å². The molecular formula is C9H16N4. The summed E-state index contributed by atoms with van der Waals surface area (Å²) in [5, 5.41) is 0. The van der Waals surface area contributed by atoms with E-state index in [4.69, 9.17) is 5.73 Å². The van der Waals surface area contributed by atoms with Gasteiger partial charge in [0.25, 0.3) is 0 Å². The SMILES string of the molecule is CCCN1CCc2nc(N)[nH]c2C1. The zero-order chi connectivity index (χ0) is 9.26. The molecule has 0 unspecified atom stereocenters. The second-order valence-electron chi connectivity index (χ2n) is 3.57. The number of hydrogen-bond acceptors (Lipinski definition) is 3. The summed E-state index contributed by atoms with van der Waals surface area (Å²) >= 11 is 0. The number of aromatic nitrogens is 2. The molecule has 72 valence electrons. The predicted molar refractivity (Wildman–Crippen MR) is 52.3 cm³/mol. The summed E-state index contributed by atoms with van der Waals surface area (Å²) in [5.74, 6) is 0.559. The van der Waals surface area contributed by atoms with Crippen LogP contribution >= 0.6 is 0 Å². The lowest BCUT2D eigenvalue weighted by Gasteiger charge is -2.25. The molecule has 13 heavy (non-hydrogen) atoms. The van der Waals surface area contributed by atoms with E-state index < -0.39 is 0 Å². The van der Waals surface area contributed by atoms with E-state index in [1.807, 2.05) is 0 Å². The van der Waals surface area contributed by atoms with E-state index in [0.717, 1.165) is 25.2 Å². The Bertz CT molecular complexity index is 292. The standard InChI is InChI=1S/C9H16N4/c1-2-4-13-5-3-7-8(6-13)12-9(10)11-7/h2-6H2,1H3,(H3,10,11,12). The Balaban J connectivity index is 2.10. The van der Waals surface area contributed by atoms with E-state index in [0.29, 0.717) is 5.95 Å². The summed E-state index contributed by atoms with van der Waals surface area (Å²) in [6.07, 6.45) is 2.24. The van der Waals surface area contributed by atoms with Gasteiger partial charge in [-0.15, -0.1) is 0 Å². The number of nitrogen functional groups attached to an aromatic ring is 1. The van der Waals surface area contributed by atoms with Gasteiger partial charge >= 0.3 is 0 Å². The van der Waals surface area contributed by atoms with E-state index in [2.05, 4.69) is 21.8 Å². The van der Waals surface area contributed by atoms with E-state index in [-0.39, 0.29) is 0 Å². The van der Waals surface area contributed by atoms with Gasteiger partial charge in [0.15, 0.2) is 5.95 Å². The third-order valence-electron chi connectivity index (χ3n) is 2.47. The molecule has 0 saturated carbocycles. The van der Waals surface area contributed by atoms with Crippen molar-refractivity contribution in [1.82, 2.24) is 14.9 Å². The van der Waals surface area contributed by atoms with E-state index in [9.17, 15) is 0 Å². The average molecular weight is 180 g/mol. The fourth-order valence-corrected chi connectivity index (χ4v) is 1.88. The lowest BCUT2D eigenvalue weighted by molar-refractivity contribution is 0.250. The quantitative estimate of drug-likeness (QED) is 0.706. The van der Waals surface area contributed by atoms with Crippen LogP contribution in [0.15, 0.2) is 0 Å².